The van der Waals surface area contributed by atoms with Gasteiger partial charge in [0.25, 0.3) is 17.7 Å². The molecule has 0 saturated heterocycles. The van der Waals surface area contributed by atoms with E-state index in [1.54, 1.807) is 25.1 Å². The number of nitrogens with zero attached hydrogens (tertiary/aromatic N) is 1. The molecule has 0 aliphatic carbocycles. The van der Waals surface area contributed by atoms with E-state index in [1.165, 1.54) is 30.3 Å². The number of carbonyl (C=O) groups excluding carboxylic acids is 3. The Bertz CT molecular complexity index is 1490. The standard InChI is InChI=1S/C25H15Cl3F3N3O3/c1-12-5-6-13(22(35)32-15-7-8-18(27)17(11-15)25(29,30)31)9-19(12)33-21-20(28)23(36)34(24(21)37)16-4-2-3-14(26)10-16/h2-11,33H,1H3,(H,32,35). The van der Waals surface area contributed by atoms with Crippen LogP contribution in [0.25, 0.3) is 0 Å². The van der Waals surface area contributed by atoms with E-state index in [2.05, 4.69) is 10.6 Å². The maximum Gasteiger partial charge on any atom is 0.417 e. The summed E-state index contributed by atoms with van der Waals surface area (Å²) >= 11 is 17.8. The second-order valence-corrected chi connectivity index (χ2v) is 9.14. The molecular formula is C25H15Cl3F3N3O3. The number of halogens is 6. The maximum absolute atomic E-state index is 13.1. The highest BCUT2D eigenvalue weighted by Gasteiger charge is 2.39. The number of imide groups is 1. The van der Waals surface area contributed by atoms with Crippen LogP contribution in [0, 0.1) is 6.92 Å². The van der Waals surface area contributed by atoms with Crippen molar-refractivity contribution in [3.63, 3.8) is 0 Å². The van der Waals surface area contributed by atoms with E-state index in [0.717, 1.165) is 17.0 Å². The van der Waals surface area contributed by atoms with Gasteiger partial charge in [-0.3, -0.25) is 14.4 Å². The molecule has 1 heterocycles. The summed E-state index contributed by atoms with van der Waals surface area (Å²) < 4.78 is 39.4. The van der Waals surface area contributed by atoms with Gasteiger partial charge in [0.05, 0.1) is 16.3 Å². The molecule has 3 aromatic rings. The number of hydrogen-bond donors (Lipinski definition) is 2. The smallest absolute Gasteiger partial charge is 0.349 e. The van der Waals surface area contributed by atoms with Gasteiger partial charge in [-0.05, 0) is 61.0 Å². The van der Waals surface area contributed by atoms with Crippen molar-refractivity contribution in [2.75, 3.05) is 15.5 Å². The molecule has 2 N–H and O–H groups in total. The van der Waals surface area contributed by atoms with Crippen LogP contribution in [0.15, 0.2) is 71.4 Å². The molecule has 0 atom stereocenters. The summed E-state index contributed by atoms with van der Waals surface area (Å²) in [5, 5.41) is 4.65. The molecule has 1 aliphatic heterocycles. The lowest BCUT2D eigenvalue weighted by molar-refractivity contribution is -0.137. The average molecular weight is 569 g/mol. The van der Waals surface area contributed by atoms with Gasteiger partial charge in [0.1, 0.15) is 10.7 Å². The van der Waals surface area contributed by atoms with E-state index in [1.807, 2.05) is 0 Å². The Hall–Kier alpha value is -3.53. The summed E-state index contributed by atoms with van der Waals surface area (Å²) in [5.41, 5.74) is -0.243. The summed E-state index contributed by atoms with van der Waals surface area (Å²) in [7, 11) is 0. The van der Waals surface area contributed by atoms with E-state index in [4.69, 9.17) is 34.8 Å². The van der Waals surface area contributed by atoms with Crippen LogP contribution in [-0.2, 0) is 15.8 Å². The van der Waals surface area contributed by atoms with E-state index in [9.17, 15) is 27.6 Å². The molecule has 0 aromatic heterocycles. The second-order valence-electron chi connectivity index (χ2n) is 7.92. The van der Waals surface area contributed by atoms with Crippen molar-refractivity contribution in [3.05, 3.63) is 98.1 Å². The number of hydrogen-bond acceptors (Lipinski definition) is 4. The van der Waals surface area contributed by atoms with Crippen LogP contribution in [0.3, 0.4) is 0 Å². The summed E-state index contributed by atoms with van der Waals surface area (Å²) in [5.74, 6) is -2.20. The van der Waals surface area contributed by atoms with Gasteiger partial charge in [-0.2, -0.15) is 13.2 Å². The number of benzene rings is 3. The third-order valence-corrected chi connectivity index (χ3v) is 6.30. The highest BCUT2D eigenvalue weighted by molar-refractivity contribution is 6.53. The van der Waals surface area contributed by atoms with Gasteiger partial charge < -0.3 is 10.6 Å². The Morgan fingerprint density at radius 3 is 2.32 bits per heavy atom. The van der Waals surface area contributed by atoms with Crippen LogP contribution < -0.4 is 15.5 Å². The lowest BCUT2D eigenvalue weighted by Crippen LogP contribution is -2.32. The predicted octanol–water partition coefficient (Wildman–Crippen LogP) is 7.01. The molecule has 0 spiro atoms. The first-order chi connectivity index (χ1) is 17.4. The lowest BCUT2D eigenvalue weighted by atomic mass is 10.1. The lowest BCUT2D eigenvalue weighted by Gasteiger charge is -2.16. The molecular weight excluding hydrogens is 554 g/mol. The SMILES string of the molecule is Cc1ccc(C(=O)Nc2ccc(Cl)c(C(F)(F)F)c2)cc1NC1=C(Cl)C(=O)N(c2cccc(Cl)c2)C1=O. The van der Waals surface area contributed by atoms with E-state index in [0.29, 0.717) is 10.6 Å². The van der Waals surface area contributed by atoms with Crippen LogP contribution in [0.5, 0.6) is 0 Å². The van der Waals surface area contributed by atoms with Crippen LogP contribution in [0.1, 0.15) is 21.5 Å². The highest BCUT2D eigenvalue weighted by Crippen LogP contribution is 2.36. The highest BCUT2D eigenvalue weighted by atomic mass is 35.5. The zero-order valence-electron chi connectivity index (χ0n) is 18.7. The molecule has 1 aliphatic rings. The van der Waals surface area contributed by atoms with Gasteiger partial charge in [0.15, 0.2) is 0 Å². The summed E-state index contributed by atoms with van der Waals surface area (Å²) in [6.07, 6.45) is -4.70. The maximum atomic E-state index is 13.1. The van der Waals surface area contributed by atoms with Crippen LogP contribution in [-0.4, -0.2) is 17.7 Å². The number of amides is 3. The molecule has 0 fully saturated rings. The van der Waals surface area contributed by atoms with Crippen LogP contribution in [0.4, 0.5) is 30.2 Å². The first-order valence-electron chi connectivity index (χ1n) is 10.5. The molecule has 4 rings (SSSR count). The summed E-state index contributed by atoms with van der Waals surface area (Å²) in [4.78, 5) is 39.4. The number of rotatable bonds is 5. The number of alkyl halides is 3. The van der Waals surface area contributed by atoms with Gasteiger partial charge in [0, 0.05) is 22.0 Å². The minimum absolute atomic E-state index is 0.0665. The average Bonchev–Trinajstić information content (AvgIpc) is 3.03. The van der Waals surface area contributed by atoms with Gasteiger partial charge >= 0.3 is 6.18 Å². The monoisotopic (exact) mass is 567 g/mol. The number of nitrogens with one attached hydrogen (secondary N) is 2. The minimum atomic E-state index is -4.70. The predicted molar refractivity (Wildman–Crippen MR) is 136 cm³/mol. The first-order valence-corrected chi connectivity index (χ1v) is 11.6. The van der Waals surface area contributed by atoms with Crippen molar-refractivity contribution < 1.29 is 27.6 Å². The van der Waals surface area contributed by atoms with Crippen molar-refractivity contribution >= 4 is 69.6 Å². The number of aryl methyl sites for hydroxylation is 1. The van der Waals surface area contributed by atoms with E-state index < -0.39 is 34.5 Å². The fraction of sp³-hybridized carbons (Fsp3) is 0.0800. The third kappa shape index (κ3) is 5.44. The van der Waals surface area contributed by atoms with Crippen molar-refractivity contribution in [2.24, 2.45) is 0 Å². The number of carbonyl (C=O) groups is 3. The molecule has 3 aromatic carbocycles. The third-order valence-electron chi connectivity index (χ3n) is 5.38. The topological polar surface area (TPSA) is 78.5 Å². The van der Waals surface area contributed by atoms with E-state index in [-0.39, 0.29) is 33.4 Å². The quantitative estimate of drug-likeness (QED) is 0.325. The Morgan fingerprint density at radius 1 is 0.919 bits per heavy atom. The molecule has 0 bridgehead atoms. The molecule has 0 radical (unpaired) electrons. The van der Waals surface area contributed by atoms with E-state index >= 15 is 0 Å². The van der Waals surface area contributed by atoms with Crippen LogP contribution >= 0.6 is 34.8 Å². The van der Waals surface area contributed by atoms with Crippen molar-refractivity contribution in [1.29, 1.82) is 0 Å². The zero-order valence-corrected chi connectivity index (χ0v) is 21.0. The Kier molecular flexibility index (Phi) is 7.23. The molecule has 190 valence electrons. The molecule has 0 unspecified atom stereocenters. The first kappa shape index (κ1) is 26.5. The minimum Gasteiger partial charge on any atom is -0.349 e. The number of anilines is 3. The molecule has 12 heteroatoms. The fourth-order valence-electron chi connectivity index (χ4n) is 3.52. The Morgan fingerprint density at radius 2 is 1.65 bits per heavy atom. The van der Waals surface area contributed by atoms with Gasteiger partial charge in [0.2, 0.25) is 0 Å². The summed E-state index contributed by atoms with van der Waals surface area (Å²) in [6, 6.07) is 13.5. The molecule has 37 heavy (non-hydrogen) atoms. The van der Waals surface area contributed by atoms with Gasteiger partial charge in [-0.15, -0.1) is 0 Å². The van der Waals surface area contributed by atoms with Crippen molar-refractivity contribution in [3.8, 4) is 0 Å². The molecule has 3 amide bonds. The summed E-state index contributed by atoms with van der Waals surface area (Å²) in [6.45, 7) is 1.68. The normalized spacial score (nSPS) is 13.9. The van der Waals surface area contributed by atoms with Gasteiger partial charge in [-0.1, -0.05) is 46.9 Å². The van der Waals surface area contributed by atoms with Gasteiger partial charge in [-0.25, -0.2) is 4.90 Å². The second kappa shape index (κ2) is 10.1. The largest absolute Gasteiger partial charge is 0.417 e. The molecule has 0 saturated carbocycles. The van der Waals surface area contributed by atoms with Crippen molar-refractivity contribution in [2.45, 2.75) is 13.1 Å². The fourth-order valence-corrected chi connectivity index (χ4v) is 4.14. The van der Waals surface area contributed by atoms with Crippen LogP contribution in [0.2, 0.25) is 10.0 Å². The Balaban J connectivity index is 1.58. The van der Waals surface area contributed by atoms with Crippen molar-refractivity contribution in [1.82, 2.24) is 0 Å². The zero-order chi connectivity index (χ0) is 27.1. The molecule has 6 nitrogen and oxygen atoms in total. The Labute approximate surface area is 223 Å².